The SMILES string of the molecule is CC(CN(C=N)c1ccccc1)(C(F)(F)F)S(C)(=O)=O.COc1ccc(C)cc1F. The average molecular weight is 448 g/mol. The van der Waals surface area contributed by atoms with Gasteiger partial charge in [-0.25, -0.2) is 12.8 Å². The van der Waals surface area contributed by atoms with Crippen LogP contribution in [0.5, 0.6) is 5.75 Å². The molecule has 2 rings (SSSR count). The zero-order chi connectivity index (χ0) is 23.2. The van der Waals surface area contributed by atoms with E-state index in [1.165, 1.54) is 25.3 Å². The Hall–Kier alpha value is -2.62. The smallest absolute Gasteiger partial charge is 0.409 e. The van der Waals surface area contributed by atoms with Gasteiger partial charge in [-0.3, -0.25) is 5.41 Å². The molecule has 2 aromatic carbocycles. The second-order valence-corrected chi connectivity index (χ2v) is 9.18. The van der Waals surface area contributed by atoms with Crippen molar-refractivity contribution in [2.75, 3.05) is 24.8 Å². The molecule has 0 heterocycles. The second-order valence-electron chi connectivity index (χ2n) is 6.73. The van der Waals surface area contributed by atoms with Crippen molar-refractivity contribution in [2.24, 2.45) is 0 Å². The lowest BCUT2D eigenvalue weighted by Crippen LogP contribution is -2.56. The lowest BCUT2D eigenvalue weighted by Gasteiger charge is -2.34. The average Bonchev–Trinajstić information content (AvgIpc) is 2.65. The summed E-state index contributed by atoms with van der Waals surface area (Å²) >= 11 is 0. The molecule has 0 aliphatic carbocycles. The Morgan fingerprint density at radius 3 is 2.10 bits per heavy atom. The molecule has 1 unspecified atom stereocenters. The summed E-state index contributed by atoms with van der Waals surface area (Å²) in [5.41, 5.74) is 1.22. The minimum absolute atomic E-state index is 0.297. The number of methoxy groups -OCH3 is 1. The van der Waals surface area contributed by atoms with E-state index in [9.17, 15) is 26.0 Å². The van der Waals surface area contributed by atoms with Gasteiger partial charge < -0.3 is 9.64 Å². The fraction of sp³-hybridized carbons (Fsp3) is 0.350. The summed E-state index contributed by atoms with van der Waals surface area (Å²) in [6.07, 6.45) is -3.70. The molecule has 0 saturated heterocycles. The molecule has 0 aliphatic rings. The fourth-order valence-electron chi connectivity index (χ4n) is 2.34. The minimum Gasteiger partial charge on any atom is -0.494 e. The van der Waals surface area contributed by atoms with Crippen LogP contribution < -0.4 is 9.64 Å². The standard InChI is InChI=1S/C12H15F3N2O2S.C8H9FO/c1-11(12(13,14)15,20(2,18)19)8-17(9-16)10-6-4-3-5-7-10;1-6-3-4-8(10-2)7(9)5-6/h3-7,9,16H,8H2,1-2H3;3-5H,1-2H3. The van der Waals surface area contributed by atoms with Crippen LogP contribution in [0.4, 0.5) is 23.2 Å². The molecule has 1 N–H and O–H groups in total. The number of hydrogen-bond acceptors (Lipinski definition) is 4. The maximum Gasteiger partial charge on any atom is 0.409 e. The van der Waals surface area contributed by atoms with E-state index in [2.05, 4.69) is 0 Å². The number of anilines is 1. The molecule has 166 valence electrons. The number of alkyl halides is 3. The second kappa shape index (κ2) is 9.92. The molecule has 10 heteroatoms. The Morgan fingerprint density at radius 2 is 1.70 bits per heavy atom. The number of para-hydroxylation sites is 1. The minimum atomic E-state index is -4.93. The van der Waals surface area contributed by atoms with Gasteiger partial charge in [0.05, 0.1) is 20.0 Å². The normalized spacial score (nSPS) is 13.5. The van der Waals surface area contributed by atoms with E-state index in [1.54, 1.807) is 24.3 Å². The van der Waals surface area contributed by atoms with Crippen LogP contribution in [0.25, 0.3) is 0 Å². The number of sulfone groups is 1. The molecule has 0 aromatic heterocycles. The Kier molecular flexibility index (Phi) is 8.41. The van der Waals surface area contributed by atoms with Gasteiger partial charge in [0.25, 0.3) is 0 Å². The van der Waals surface area contributed by atoms with Crippen LogP contribution in [0.2, 0.25) is 0 Å². The van der Waals surface area contributed by atoms with Gasteiger partial charge in [0, 0.05) is 11.9 Å². The van der Waals surface area contributed by atoms with E-state index in [-0.39, 0.29) is 5.82 Å². The number of ether oxygens (including phenoxy) is 1. The Labute approximate surface area is 173 Å². The van der Waals surface area contributed by atoms with Gasteiger partial charge in [0.1, 0.15) is 0 Å². The fourth-order valence-corrected chi connectivity index (χ4v) is 3.14. The number of aryl methyl sites for hydroxylation is 1. The molecule has 0 spiro atoms. The van der Waals surface area contributed by atoms with Crippen LogP contribution in [-0.4, -0.2) is 45.6 Å². The summed E-state index contributed by atoms with van der Waals surface area (Å²) in [4.78, 5) is 0.953. The molecule has 5 nitrogen and oxygen atoms in total. The monoisotopic (exact) mass is 448 g/mol. The number of nitrogens with zero attached hydrogens (tertiary/aromatic N) is 1. The highest BCUT2D eigenvalue weighted by Gasteiger charge is 2.59. The van der Waals surface area contributed by atoms with E-state index in [0.29, 0.717) is 31.0 Å². The molecule has 2 aromatic rings. The molecule has 0 radical (unpaired) electrons. The number of hydrogen-bond donors (Lipinski definition) is 1. The first-order chi connectivity index (χ1) is 13.8. The lowest BCUT2D eigenvalue weighted by molar-refractivity contribution is -0.154. The van der Waals surface area contributed by atoms with Crippen molar-refractivity contribution in [3.8, 4) is 5.75 Å². The van der Waals surface area contributed by atoms with Gasteiger partial charge in [-0.15, -0.1) is 0 Å². The van der Waals surface area contributed by atoms with Crippen molar-refractivity contribution in [2.45, 2.75) is 24.8 Å². The Morgan fingerprint density at radius 1 is 1.13 bits per heavy atom. The number of benzene rings is 2. The molecule has 0 saturated carbocycles. The highest BCUT2D eigenvalue weighted by molar-refractivity contribution is 7.92. The maximum atomic E-state index is 13.1. The van der Waals surface area contributed by atoms with Crippen molar-refractivity contribution in [3.63, 3.8) is 0 Å². The molecule has 0 aliphatic heterocycles. The summed E-state index contributed by atoms with van der Waals surface area (Å²) in [6.45, 7) is 1.59. The largest absolute Gasteiger partial charge is 0.494 e. The quantitative estimate of drug-likeness (QED) is 0.398. The maximum absolute atomic E-state index is 13.1. The topological polar surface area (TPSA) is 70.5 Å². The first-order valence-electron chi connectivity index (χ1n) is 8.65. The van der Waals surface area contributed by atoms with Gasteiger partial charge in [-0.2, -0.15) is 13.2 Å². The molecule has 0 bridgehead atoms. The number of halogens is 4. The molecule has 0 fully saturated rings. The first kappa shape index (κ1) is 25.4. The van der Waals surface area contributed by atoms with Gasteiger partial charge in [-0.1, -0.05) is 24.3 Å². The third-order valence-corrected chi connectivity index (χ3v) is 6.44. The summed E-state index contributed by atoms with van der Waals surface area (Å²) in [6, 6.07) is 12.7. The van der Waals surface area contributed by atoms with Crippen LogP contribution in [0, 0.1) is 18.2 Å². The Balaban J connectivity index is 0.000000375. The Bertz CT molecular complexity index is 950. The third kappa shape index (κ3) is 6.19. The summed E-state index contributed by atoms with van der Waals surface area (Å²) in [5, 5.41) is 7.23. The van der Waals surface area contributed by atoms with Crippen molar-refractivity contribution in [3.05, 3.63) is 59.9 Å². The summed E-state index contributed by atoms with van der Waals surface area (Å²) < 4.78 is 77.0. The highest BCUT2D eigenvalue weighted by atomic mass is 32.2. The van der Waals surface area contributed by atoms with E-state index >= 15 is 0 Å². The van der Waals surface area contributed by atoms with Gasteiger partial charge >= 0.3 is 6.18 Å². The molecule has 0 amide bonds. The zero-order valence-electron chi connectivity index (χ0n) is 17.0. The highest BCUT2D eigenvalue weighted by Crippen LogP contribution is 2.37. The molecule has 30 heavy (non-hydrogen) atoms. The first-order valence-corrected chi connectivity index (χ1v) is 10.5. The van der Waals surface area contributed by atoms with Crippen LogP contribution >= 0.6 is 0 Å². The van der Waals surface area contributed by atoms with Crippen LogP contribution in [0.3, 0.4) is 0 Å². The molecule has 1 atom stereocenters. The van der Waals surface area contributed by atoms with E-state index in [1.807, 2.05) is 13.0 Å². The van der Waals surface area contributed by atoms with Crippen LogP contribution in [0.15, 0.2) is 48.5 Å². The van der Waals surface area contributed by atoms with Crippen molar-refractivity contribution >= 4 is 21.9 Å². The molecular weight excluding hydrogens is 424 g/mol. The van der Waals surface area contributed by atoms with E-state index < -0.39 is 27.3 Å². The predicted molar refractivity (Wildman–Crippen MR) is 110 cm³/mol. The van der Waals surface area contributed by atoms with E-state index in [4.69, 9.17) is 10.1 Å². The van der Waals surface area contributed by atoms with E-state index in [0.717, 1.165) is 10.5 Å². The summed E-state index contributed by atoms with van der Waals surface area (Å²) in [7, 11) is -2.95. The van der Waals surface area contributed by atoms with Crippen molar-refractivity contribution in [1.82, 2.24) is 0 Å². The van der Waals surface area contributed by atoms with Crippen LogP contribution in [-0.2, 0) is 9.84 Å². The van der Waals surface area contributed by atoms with Gasteiger partial charge in [0.15, 0.2) is 26.2 Å². The predicted octanol–water partition coefficient (Wildman–Crippen LogP) is 4.61. The lowest BCUT2D eigenvalue weighted by atomic mass is 10.1. The number of nitrogens with one attached hydrogen (secondary N) is 1. The van der Waals surface area contributed by atoms with Crippen molar-refractivity contribution in [1.29, 1.82) is 5.41 Å². The van der Waals surface area contributed by atoms with Crippen LogP contribution in [0.1, 0.15) is 12.5 Å². The van der Waals surface area contributed by atoms with Gasteiger partial charge in [-0.05, 0) is 43.7 Å². The van der Waals surface area contributed by atoms with Gasteiger partial charge in [0.2, 0.25) is 0 Å². The summed E-state index contributed by atoms with van der Waals surface area (Å²) in [5.74, 6) is -0.00639. The molecular formula is C20H24F4N2O3S. The van der Waals surface area contributed by atoms with Crippen molar-refractivity contribution < 1.29 is 30.7 Å². The third-order valence-electron chi connectivity index (χ3n) is 4.44. The zero-order valence-corrected chi connectivity index (χ0v) is 17.8. The number of rotatable bonds is 6.